The van der Waals surface area contributed by atoms with E-state index in [9.17, 15) is 0 Å². The molecule has 8 nitrogen and oxygen atoms in total. The van der Waals surface area contributed by atoms with Crippen molar-refractivity contribution in [1.82, 2.24) is 19.6 Å². The van der Waals surface area contributed by atoms with Gasteiger partial charge < -0.3 is 19.1 Å². The average molecular weight is 402 g/mol. The highest BCUT2D eigenvalue weighted by molar-refractivity contribution is 6.33. The molecular weight excluding hydrogens is 382 g/mol. The SMILES string of the molecule is COc1ccc(-c2c(Cl)nc3ncnn3c2N2CCC3(CC2)OCCO3)cc1. The van der Waals surface area contributed by atoms with Crippen LogP contribution in [-0.4, -0.2) is 58.8 Å². The zero-order valence-corrected chi connectivity index (χ0v) is 16.2. The van der Waals surface area contributed by atoms with Crippen molar-refractivity contribution in [2.75, 3.05) is 38.3 Å². The summed E-state index contributed by atoms with van der Waals surface area (Å²) in [6.07, 6.45) is 3.06. The van der Waals surface area contributed by atoms with Crippen molar-refractivity contribution >= 4 is 23.2 Å². The number of ether oxygens (including phenoxy) is 3. The van der Waals surface area contributed by atoms with Crippen LogP contribution in [-0.2, 0) is 9.47 Å². The Morgan fingerprint density at radius 2 is 1.82 bits per heavy atom. The normalized spacial score (nSPS) is 18.9. The Kier molecular flexibility index (Phi) is 4.34. The summed E-state index contributed by atoms with van der Waals surface area (Å²) in [5.74, 6) is 1.69. The Morgan fingerprint density at radius 3 is 2.50 bits per heavy atom. The van der Waals surface area contributed by atoms with E-state index < -0.39 is 5.79 Å². The molecule has 146 valence electrons. The summed E-state index contributed by atoms with van der Waals surface area (Å²) in [7, 11) is 1.65. The monoisotopic (exact) mass is 401 g/mol. The Hall–Kier alpha value is -2.42. The Balaban J connectivity index is 1.59. The van der Waals surface area contributed by atoms with Crippen molar-refractivity contribution in [3.8, 4) is 16.9 Å². The highest BCUT2D eigenvalue weighted by Crippen LogP contribution is 2.40. The van der Waals surface area contributed by atoms with Gasteiger partial charge in [-0.05, 0) is 17.7 Å². The van der Waals surface area contributed by atoms with Crippen LogP contribution in [0.15, 0.2) is 30.6 Å². The summed E-state index contributed by atoms with van der Waals surface area (Å²) in [5.41, 5.74) is 1.77. The fourth-order valence-corrected chi connectivity index (χ4v) is 4.21. The quantitative estimate of drug-likeness (QED) is 0.625. The van der Waals surface area contributed by atoms with Crippen molar-refractivity contribution in [2.24, 2.45) is 0 Å². The molecule has 1 aromatic carbocycles. The third-order valence-corrected chi connectivity index (χ3v) is 5.65. The molecule has 9 heteroatoms. The van der Waals surface area contributed by atoms with Gasteiger partial charge in [0.2, 0.25) is 0 Å². The predicted molar refractivity (Wildman–Crippen MR) is 104 cm³/mol. The van der Waals surface area contributed by atoms with E-state index in [-0.39, 0.29) is 0 Å². The van der Waals surface area contributed by atoms with Gasteiger partial charge in [0.05, 0.1) is 25.9 Å². The van der Waals surface area contributed by atoms with Gasteiger partial charge in [-0.2, -0.15) is 19.6 Å². The number of nitrogens with zero attached hydrogens (tertiary/aromatic N) is 5. The molecule has 2 aliphatic rings. The number of methoxy groups -OCH3 is 1. The van der Waals surface area contributed by atoms with Crippen LogP contribution in [0.2, 0.25) is 5.15 Å². The lowest BCUT2D eigenvalue weighted by Crippen LogP contribution is -2.46. The first kappa shape index (κ1) is 17.7. The van der Waals surface area contributed by atoms with Gasteiger partial charge in [-0.1, -0.05) is 23.7 Å². The molecule has 0 amide bonds. The minimum Gasteiger partial charge on any atom is -0.497 e. The maximum Gasteiger partial charge on any atom is 0.255 e. The standard InChI is InChI=1S/C19H20ClN5O3/c1-26-14-4-2-13(3-5-14)15-16(20)23-18-21-12-22-25(18)17(15)24-8-6-19(7-9-24)27-10-11-28-19/h2-5,12H,6-11H2,1H3. The maximum atomic E-state index is 6.61. The smallest absolute Gasteiger partial charge is 0.255 e. The van der Waals surface area contributed by atoms with E-state index in [1.54, 1.807) is 11.6 Å². The second kappa shape index (κ2) is 6.88. The molecular formula is C19H20ClN5O3. The van der Waals surface area contributed by atoms with Crippen LogP contribution in [0.25, 0.3) is 16.9 Å². The maximum absolute atomic E-state index is 6.61. The van der Waals surface area contributed by atoms with Crippen molar-refractivity contribution in [2.45, 2.75) is 18.6 Å². The molecule has 1 spiro atoms. The predicted octanol–water partition coefficient (Wildman–Crippen LogP) is 2.80. The van der Waals surface area contributed by atoms with Crippen molar-refractivity contribution in [1.29, 1.82) is 0 Å². The van der Waals surface area contributed by atoms with Crippen LogP contribution in [0.1, 0.15) is 12.8 Å². The molecule has 4 heterocycles. The van der Waals surface area contributed by atoms with Gasteiger partial charge in [0.15, 0.2) is 5.79 Å². The highest BCUT2D eigenvalue weighted by atomic mass is 35.5. The number of aromatic nitrogens is 4. The molecule has 2 aliphatic heterocycles. The summed E-state index contributed by atoms with van der Waals surface area (Å²) in [6, 6.07) is 7.77. The van der Waals surface area contributed by atoms with Gasteiger partial charge in [0, 0.05) is 25.9 Å². The number of halogens is 1. The first-order chi connectivity index (χ1) is 13.7. The van der Waals surface area contributed by atoms with Gasteiger partial charge in [0.25, 0.3) is 5.78 Å². The summed E-state index contributed by atoms with van der Waals surface area (Å²) in [6.45, 7) is 2.84. The third kappa shape index (κ3) is 2.88. The first-order valence-corrected chi connectivity index (χ1v) is 9.63. The molecule has 0 radical (unpaired) electrons. The zero-order chi connectivity index (χ0) is 19.1. The molecule has 0 unspecified atom stereocenters. The molecule has 0 saturated carbocycles. The Bertz CT molecular complexity index is 991. The number of hydrogen-bond acceptors (Lipinski definition) is 7. The summed E-state index contributed by atoms with van der Waals surface area (Å²) in [5, 5.41) is 4.80. The third-order valence-electron chi connectivity index (χ3n) is 5.38. The largest absolute Gasteiger partial charge is 0.497 e. The first-order valence-electron chi connectivity index (χ1n) is 9.26. The molecule has 0 atom stereocenters. The second-order valence-corrected chi connectivity index (χ2v) is 7.25. The lowest BCUT2D eigenvalue weighted by molar-refractivity contribution is -0.169. The summed E-state index contributed by atoms with van der Waals surface area (Å²) < 4.78 is 18.8. The lowest BCUT2D eigenvalue weighted by Gasteiger charge is -2.39. The number of piperidine rings is 1. The molecule has 28 heavy (non-hydrogen) atoms. The minimum atomic E-state index is -0.449. The van der Waals surface area contributed by atoms with E-state index in [2.05, 4.69) is 20.0 Å². The van der Waals surface area contributed by atoms with Gasteiger partial charge in [0.1, 0.15) is 23.0 Å². The number of rotatable bonds is 3. The summed E-state index contributed by atoms with van der Waals surface area (Å²) in [4.78, 5) is 10.9. The molecule has 0 N–H and O–H groups in total. The van der Waals surface area contributed by atoms with Crippen molar-refractivity contribution in [3.63, 3.8) is 0 Å². The van der Waals surface area contributed by atoms with Crippen LogP contribution < -0.4 is 9.64 Å². The molecule has 5 rings (SSSR count). The molecule has 2 fully saturated rings. The van der Waals surface area contributed by atoms with Crippen LogP contribution in [0.3, 0.4) is 0 Å². The fourth-order valence-electron chi connectivity index (χ4n) is 3.95. The Morgan fingerprint density at radius 1 is 1.11 bits per heavy atom. The highest BCUT2D eigenvalue weighted by Gasteiger charge is 2.41. The summed E-state index contributed by atoms with van der Waals surface area (Å²) >= 11 is 6.61. The van der Waals surface area contributed by atoms with E-state index in [4.69, 9.17) is 25.8 Å². The van der Waals surface area contributed by atoms with Gasteiger partial charge >= 0.3 is 0 Å². The van der Waals surface area contributed by atoms with E-state index >= 15 is 0 Å². The zero-order valence-electron chi connectivity index (χ0n) is 15.5. The molecule has 3 aromatic rings. The average Bonchev–Trinajstić information content (AvgIpc) is 3.37. The van der Waals surface area contributed by atoms with E-state index in [0.717, 1.165) is 48.6 Å². The van der Waals surface area contributed by atoms with Gasteiger partial charge in [-0.3, -0.25) is 0 Å². The van der Waals surface area contributed by atoms with Crippen molar-refractivity contribution < 1.29 is 14.2 Å². The van der Waals surface area contributed by atoms with E-state index in [1.165, 1.54) is 6.33 Å². The molecule has 0 aliphatic carbocycles. The fraction of sp³-hybridized carbons (Fsp3) is 0.421. The van der Waals surface area contributed by atoms with Crippen LogP contribution in [0.4, 0.5) is 5.82 Å². The topological polar surface area (TPSA) is 74.0 Å². The number of hydrogen-bond donors (Lipinski definition) is 0. The lowest BCUT2D eigenvalue weighted by atomic mass is 10.0. The Labute approximate surface area is 167 Å². The van der Waals surface area contributed by atoms with E-state index in [1.807, 2.05) is 24.3 Å². The number of anilines is 1. The van der Waals surface area contributed by atoms with Crippen molar-refractivity contribution in [3.05, 3.63) is 35.7 Å². The number of benzene rings is 1. The second-order valence-electron chi connectivity index (χ2n) is 6.90. The van der Waals surface area contributed by atoms with Crippen LogP contribution >= 0.6 is 11.6 Å². The molecule has 2 saturated heterocycles. The minimum absolute atomic E-state index is 0.398. The van der Waals surface area contributed by atoms with E-state index in [0.29, 0.717) is 24.1 Å². The van der Waals surface area contributed by atoms with Gasteiger partial charge in [-0.15, -0.1) is 0 Å². The van der Waals surface area contributed by atoms with Gasteiger partial charge in [-0.25, -0.2) is 0 Å². The van der Waals surface area contributed by atoms with Crippen LogP contribution in [0, 0.1) is 0 Å². The molecule has 2 aromatic heterocycles. The number of fused-ring (bicyclic) bond motifs is 1. The molecule has 0 bridgehead atoms. The van der Waals surface area contributed by atoms with Crippen LogP contribution in [0.5, 0.6) is 5.75 Å².